The van der Waals surface area contributed by atoms with Crippen LogP contribution in [-0.2, 0) is 0 Å². The SMILES string of the molecule is CCCCN(CC1CCCN1)c1nc(C)ccc1C(N)=O. The van der Waals surface area contributed by atoms with Crippen molar-refractivity contribution in [1.82, 2.24) is 10.3 Å². The molecule has 0 saturated carbocycles. The summed E-state index contributed by atoms with van der Waals surface area (Å²) in [6.45, 7) is 6.99. The molecule has 1 aliphatic heterocycles. The van der Waals surface area contributed by atoms with Gasteiger partial charge in [-0.15, -0.1) is 0 Å². The zero-order valence-corrected chi connectivity index (χ0v) is 13.1. The molecule has 1 fully saturated rings. The number of rotatable bonds is 7. The predicted octanol–water partition coefficient (Wildman–Crippen LogP) is 1.85. The fourth-order valence-electron chi connectivity index (χ4n) is 2.79. The van der Waals surface area contributed by atoms with E-state index >= 15 is 0 Å². The van der Waals surface area contributed by atoms with Crippen molar-refractivity contribution in [1.29, 1.82) is 0 Å². The number of nitrogens with zero attached hydrogens (tertiary/aromatic N) is 2. The Hall–Kier alpha value is -1.62. The standard InChI is InChI=1S/C16H26N4O/c1-3-4-10-20(11-13-6-5-9-18-13)16-14(15(17)21)8-7-12(2)19-16/h7-8,13,18H,3-6,9-11H2,1-2H3,(H2,17,21). The maximum absolute atomic E-state index is 11.7. The van der Waals surface area contributed by atoms with Crippen LogP contribution in [0.5, 0.6) is 0 Å². The number of aromatic nitrogens is 1. The lowest BCUT2D eigenvalue weighted by Gasteiger charge is -2.28. The summed E-state index contributed by atoms with van der Waals surface area (Å²) in [5.41, 5.74) is 6.95. The van der Waals surface area contributed by atoms with E-state index in [1.54, 1.807) is 6.07 Å². The number of amides is 1. The molecule has 1 atom stereocenters. The summed E-state index contributed by atoms with van der Waals surface area (Å²) in [7, 11) is 0. The van der Waals surface area contributed by atoms with Crippen molar-refractivity contribution in [2.45, 2.75) is 45.6 Å². The minimum Gasteiger partial charge on any atom is -0.365 e. The van der Waals surface area contributed by atoms with Crippen LogP contribution in [-0.4, -0.2) is 36.6 Å². The number of nitrogens with two attached hydrogens (primary N) is 1. The Morgan fingerprint density at radius 1 is 1.52 bits per heavy atom. The molecule has 0 bridgehead atoms. The van der Waals surface area contributed by atoms with Crippen LogP contribution in [0, 0.1) is 6.92 Å². The Kier molecular flexibility index (Phi) is 5.56. The molecule has 1 unspecified atom stereocenters. The molecule has 116 valence electrons. The number of nitrogens with one attached hydrogen (secondary N) is 1. The third-order valence-electron chi connectivity index (χ3n) is 3.96. The average molecular weight is 290 g/mol. The van der Waals surface area contributed by atoms with Crippen molar-refractivity contribution in [2.75, 3.05) is 24.5 Å². The van der Waals surface area contributed by atoms with Gasteiger partial charge in [0.05, 0.1) is 5.56 Å². The van der Waals surface area contributed by atoms with Crippen LogP contribution in [0.3, 0.4) is 0 Å². The van der Waals surface area contributed by atoms with Gasteiger partial charge in [0.2, 0.25) is 0 Å². The van der Waals surface area contributed by atoms with E-state index in [0.29, 0.717) is 11.6 Å². The van der Waals surface area contributed by atoms with Crippen LogP contribution in [0.4, 0.5) is 5.82 Å². The fraction of sp³-hybridized carbons (Fsp3) is 0.625. The number of carbonyl (C=O) groups excluding carboxylic acids is 1. The zero-order chi connectivity index (χ0) is 15.2. The maximum Gasteiger partial charge on any atom is 0.252 e. The van der Waals surface area contributed by atoms with E-state index < -0.39 is 5.91 Å². The smallest absolute Gasteiger partial charge is 0.252 e. The van der Waals surface area contributed by atoms with Crippen LogP contribution >= 0.6 is 0 Å². The molecule has 3 N–H and O–H groups in total. The van der Waals surface area contributed by atoms with Crippen molar-refractivity contribution < 1.29 is 4.79 Å². The second-order valence-electron chi connectivity index (χ2n) is 5.78. The molecule has 2 heterocycles. The van der Waals surface area contributed by atoms with Crippen LogP contribution in [0.1, 0.15) is 48.7 Å². The molecule has 21 heavy (non-hydrogen) atoms. The average Bonchev–Trinajstić information content (AvgIpc) is 2.96. The summed E-state index contributed by atoms with van der Waals surface area (Å²) >= 11 is 0. The van der Waals surface area contributed by atoms with E-state index in [4.69, 9.17) is 5.73 Å². The van der Waals surface area contributed by atoms with Crippen LogP contribution in [0.25, 0.3) is 0 Å². The van der Waals surface area contributed by atoms with E-state index in [1.807, 2.05) is 13.0 Å². The van der Waals surface area contributed by atoms with E-state index in [2.05, 4.69) is 22.1 Å². The number of unbranched alkanes of at least 4 members (excludes halogenated alkanes) is 1. The molecule has 2 rings (SSSR count). The van der Waals surface area contributed by atoms with E-state index in [0.717, 1.165) is 44.0 Å². The highest BCUT2D eigenvalue weighted by atomic mass is 16.1. The molecule has 1 aromatic rings. The molecule has 1 saturated heterocycles. The highest BCUT2D eigenvalue weighted by Crippen LogP contribution is 2.21. The second kappa shape index (κ2) is 7.41. The first-order chi connectivity index (χ1) is 10.1. The summed E-state index contributed by atoms with van der Waals surface area (Å²) in [5.74, 6) is 0.336. The lowest BCUT2D eigenvalue weighted by molar-refractivity contribution is 0.100. The van der Waals surface area contributed by atoms with Crippen LogP contribution < -0.4 is 16.0 Å². The molecular formula is C16H26N4O. The molecule has 1 amide bonds. The molecule has 0 radical (unpaired) electrons. The molecule has 1 aromatic heterocycles. The molecule has 0 spiro atoms. The number of pyridine rings is 1. The second-order valence-corrected chi connectivity index (χ2v) is 5.78. The third kappa shape index (κ3) is 4.17. The number of hydrogen-bond donors (Lipinski definition) is 2. The highest BCUT2D eigenvalue weighted by molar-refractivity contribution is 5.97. The summed E-state index contributed by atoms with van der Waals surface area (Å²) in [6.07, 6.45) is 4.60. The first kappa shape index (κ1) is 15.8. The van der Waals surface area contributed by atoms with Crippen LogP contribution in [0.2, 0.25) is 0 Å². The number of hydrogen-bond acceptors (Lipinski definition) is 4. The van der Waals surface area contributed by atoms with Gasteiger partial charge in [-0.2, -0.15) is 0 Å². The topological polar surface area (TPSA) is 71.2 Å². The van der Waals surface area contributed by atoms with E-state index in [1.165, 1.54) is 12.8 Å². The summed E-state index contributed by atoms with van der Waals surface area (Å²) in [6, 6.07) is 4.11. The normalized spacial score (nSPS) is 17.9. The van der Waals surface area contributed by atoms with Gasteiger partial charge in [-0.05, 0) is 44.9 Å². The van der Waals surface area contributed by atoms with Gasteiger partial charge in [0.25, 0.3) is 5.91 Å². The Morgan fingerprint density at radius 2 is 2.33 bits per heavy atom. The van der Waals surface area contributed by atoms with E-state index in [-0.39, 0.29) is 0 Å². The quantitative estimate of drug-likeness (QED) is 0.804. The van der Waals surface area contributed by atoms with Gasteiger partial charge in [-0.1, -0.05) is 13.3 Å². The molecule has 0 aliphatic carbocycles. The molecular weight excluding hydrogens is 264 g/mol. The van der Waals surface area contributed by atoms with Gasteiger partial charge >= 0.3 is 0 Å². The Bertz CT molecular complexity index is 483. The van der Waals surface area contributed by atoms with Gasteiger partial charge in [-0.3, -0.25) is 4.79 Å². The summed E-state index contributed by atoms with van der Waals surface area (Å²) in [5, 5.41) is 3.51. The first-order valence-electron chi connectivity index (χ1n) is 7.87. The monoisotopic (exact) mass is 290 g/mol. The van der Waals surface area contributed by atoms with Crippen molar-refractivity contribution in [2.24, 2.45) is 5.73 Å². The largest absolute Gasteiger partial charge is 0.365 e. The fourth-order valence-corrected chi connectivity index (χ4v) is 2.79. The lowest BCUT2D eigenvalue weighted by atomic mass is 10.1. The van der Waals surface area contributed by atoms with Crippen molar-refractivity contribution in [3.8, 4) is 0 Å². The Balaban J connectivity index is 2.25. The number of anilines is 1. The third-order valence-corrected chi connectivity index (χ3v) is 3.96. The van der Waals surface area contributed by atoms with E-state index in [9.17, 15) is 4.79 Å². The van der Waals surface area contributed by atoms with Gasteiger partial charge in [0.1, 0.15) is 5.82 Å². The molecule has 0 aromatic carbocycles. The van der Waals surface area contributed by atoms with Gasteiger partial charge in [0.15, 0.2) is 0 Å². The van der Waals surface area contributed by atoms with Gasteiger partial charge in [0, 0.05) is 24.8 Å². The highest BCUT2D eigenvalue weighted by Gasteiger charge is 2.22. The van der Waals surface area contributed by atoms with Crippen LogP contribution in [0.15, 0.2) is 12.1 Å². The molecule has 1 aliphatic rings. The predicted molar refractivity (Wildman–Crippen MR) is 85.6 cm³/mol. The van der Waals surface area contributed by atoms with Crippen molar-refractivity contribution in [3.05, 3.63) is 23.4 Å². The molecule has 5 nitrogen and oxygen atoms in total. The lowest BCUT2D eigenvalue weighted by Crippen LogP contribution is -2.39. The van der Waals surface area contributed by atoms with Crippen molar-refractivity contribution >= 4 is 11.7 Å². The number of primary amides is 1. The summed E-state index contributed by atoms with van der Waals surface area (Å²) < 4.78 is 0. The Labute approximate surface area is 126 Å². The number of carbonyl (C=O) groups is 1. The summed E-state index contributed by atoms with van der Waals surface area (Å²) in [4.78, 5) is 18.5. The van der Waals surface area contributed by atoms with Gasteiger partial charge in [-0.25, -0.2) is 4.98 Å². The minimum atomic E-state index is -0.404. The van der Waals surface area contributed by atoms with Crippen molar-refractivity contribution in [3.63, 3.8) is 0 Å². The number of aryl methyl sites for hydroxylation is 1. The maximum atomic E-state index is 11.7. The zero-order valence-electron chi connectivity index (χ0n) is 13.1. The first-order valence-corrected chi connectivity index (χ1v) is 7.87. The van der Waals surface area contributed by atoms with Gasteiger partial charge < -0.3 is 16.0 Å². The molecule has 5 heteroatoms. The Morgan fingerprint density at radius 3 is 2.95 bits per heavy atom. The minimum absolute atomic E-state index is 0.404.